The first-order valence-electron chi connectivity index (χ1n) is 6.91. The van der Waals surface area contributed by atoms with Gasteiger partial charge < -0.3 is 14.7 Å². The van der Waals surface area contributed by atoms with Gasteiger partial charge >= 0.3 is 0 Å². The zero-order chi connectivity index (χ0) is 14.5. The molecule has 2 unspecified atom stereocenters. The van der Waals surface area contributed by atoms with Gasteiger partial charge in [-0.3, -0.25) is 4.79 Å². The van der Waals surface area contributed by atoms with E-state index < -0.39 is 0 Å². The molecule has 108 valence electrons. The predicted octanol–water partition coefficient (Wildman–Crippen LogP) is 1.12. The molecule has 1 fully saturated rings. The minimum atomic E-state index is -0.289. The van der Waals surface area contributed by atoms with Gasteiger partial charge in [0.25, 0.3) is 11.7 Å². The first-order valence-corrected chi connectivity index (χ1v) is 6.91. The van der Waals surface area contributed by atoms with E-state index in [9.17, 15) is 4.79 Å². The zero-order valence-corrected chi connectivity index (χ0v) is 11.8. The maximum Gasteiger partial charge on any atom is 0.295 e. The number of nitrogens with one attached hydrogen (secondary N) is 1. The third kappa shape index (κ3) is 3.14. The van der Waals surface area contributed by atoms with E-state index in [1.165, 1.54) is 0 Å². The minimum Gasteiger partial charge on any atom is -0.337 e. The van der Waals surface area contributed by atoms with Crippen LogP contribution in [0.25, 0.3) is 0 Å². The van der Waals surface area contributed by atoms with E-state index in [0.717, 1.165) is 19.4 Å². The number of nitriles is 1. The average Bonchev–Trinajstić information content (AvgIpc) is 3.13. The lowest BCUT2D eigenvalue weighted by atomic mass is 10.2. The maximum absolute atomic E-state index is 12.3. The minimum absolute atomic E-state index is 0.0529. The van der Waals surface area contributed by atoms with Gasteiger partial charge in [-0.15, -0.1) is 0 Å². The molecular formula is C13H19N5O2. The predicted molar refractivity (Wildman–Crippen MR) is 70.6 cm³/mol. The Bertz CT molecular complexity index is 501. The molecule has 0 bridgehead atoms. The summed E-state index contributed by atoms with van der Waals surface area (Å²) in [5.41, 5.74) is 0. The van der Waals surface area contributed by atoms with Gasteiger partial charge in [0.2, 0.25) is 5.89 Å². The van der Waals surface area contributed by atoms with Crippen molar-refractivity contribution < 1.29 is 9.32 Å². The van der Waals surface area contributed by atoms with Crippen LogP contribution in [0.5, 0.6) is 0 Å². The highest BCUT2D eigenvalue weighted by atomic mass is 16.5. The van der Waals surface area contributed by atoms with E-state index in [4.69, 9.17) is 9.78 Å². The SMILES string of the molecule is CCN(CC(C)C#N)C(=O)c1noc(C2CCCN2)n1. The third-order valence-corrected chi connectivity index (χ3v) is 3.38. The van der Waals surface area contributed by atoms with Crippen LogP contribution in [0.4, 0.5) is 0 Å². The molecule has 1 aliphatic heterocycles. The van der Waals surface area contributed by atoms with Crippen molar-refractivity contribution in [3.8, 4) is 6.07 Å². The molecule has 7 nitrogen and oxygen atoms in total. The second-order valence-corrected chi connectivity index (χ2v) is 4.98. The molecule has 1 aromatic rings. The lowest BCUT2D eigenvalue weighted by Gasteiger charge is -2.19. The van der Waals surface area contributed by atoms with Gasteiger partial charge in [0.15, 0.2) is 0 Å². The molecule has 1 amide bonds. The summed E-state index contributed by atoms with van der Waals surface area (Å²) in [6, 6.07) is 2.17. The fraction of sp³-hybridized carbons (Fsp3) is 0.692. The van der Waals surface area contributed by atoms with Crippen molar-refractivity contribution in [2.45, 2.75) is 32.7 Å². The Morgan fingerprint density at radius 2 is 2.50 bits per heavy atom. The molecule has 0 radical (unpaired) electrons. The van der Waals surface area contributed by atoms with E-state index in [1.54, 1.807) is 11.8 Å². The quantitative estimate of drug-likeness (QED) is 0.866. The normalized spacial score (nSPS) is 19.6. The molecule has 2 heterocycles. The molecule has 0 saturated carbocycles. The summed E-state index contributed by atoms with van der Waals surface area (Å²) in [4.78, 5) is 18.0. The van der Waals surface area contributed by atoms with Crippen molar-refractivity contribution in [3.63, 3.8) is 0 Å². The monoisotopic (exact) mass is 277 g/mol. The number of nitrogens with zero attached hydrogens (tertiary/aromatic N) is 4. The fourth-order valence-electron chi connectivity index (χ4n) is 2.23. The molecule has 2 rings (SSSR count). The Balaban J connectivity index is 2.06. The number of aromatic nitrogens is 2. The van der Waals surface area contributed by atoms with Gasteiger partial charge in [-0.25, -0.2) is 0 Å². The highest BCUT2D eigenvalue weighted by Gasteiger charge is 2.26. The van der Waals surface area contributed by atoms with Crippen LogP contribution >= 0.6 is 0 Å². The third-order valence-electron chi connectivity index (χ3n) is 3.38. The molecule has 0 aliphatic carbocycles. The first kappa shape index (κ1) is 14.5. The standard InChI is InChI=1S/C13H19N5O2/c1-3-18(8-9(2)7-14)13(19)11-16-12(20-17-11)10-5-4-6-15-10/h9-10,15H,3-6,8H2,1-2H3. The van der Waals surface area contributed by atoms with E-state index in [-0.39, 0.29) is 23.7 Å². The molecule has 0 aromatic carbocycles. The molecule has 1 N–H and O–H groups in total. The topological polar surface area (TPSA) is 95.0 Å². The molecule has 2 atom stereocenters. The van der Waals surface area contributed by atoms with Crippen LogP contribution in [0.15, 0.2) is 4.52 Å². The number of carbonyl (C=O) groups excluding carboxylic acids is 1. The van der Waals surface area contributed by atoms with Gasteiger partial charge in [0.05, 0.1) is 18.0 Å². The van der Waals surface area contributed by atoms with Gasteiger partial charge in [-0.05, 0) is 33.2 Å². The van der Waals surface area contributed by atoms with Crippen LogP contribution in [-0.2, 0) is 0 Å². The Labute approximate surface area is 117 Å². The average molecular weight is 277 g/mol. The van der Waals surface area contributed by atoms with E-state index in [2.05, 4.69) is 21.5 Å². The Hall–Kier alpha value is -1.94. The molecular weight excluding hydrogens is 258 g/mol. The second kappa shape index (κ2) is 6.48. The van der Waals surface area contributed by atoms with Crippen molar-refractivity contribution in [3.05, 3.63) is 11.7 Å². The summed E-state index contributed by atoms with van der Waals surface area (Å²) in [7, 11) is 0. The van der Waals surface area contributed by atoms with Crippen molar-refractivity contribution in [1.29, 1.82) is 5.26 Å². The van der Waals surface area contributed by atoms with Crippen molar-refractivity contribution in [2.24, 2.45) is 5.92 Å². The first-order chi connectivity index (χ1) is 9.65. The lowest BCUT2D eigenvalue weighted by Crippen LogP contribution is -2.35. The summed E-state index contributed by atoms with van der Waals surface area (Å²) in [5, 5.41) is 15.8. The van der Waals surface area contributed by atoms with Gasteiger partial charge in [0, 0.05) is 13.1 Å². The summed E-state index contributed by atoms with van der Waals surface area (Å²) in [6.07, 6.45) is 2.01. The molecule has 1 aromatic heterocycles. The molecule has 7 heteroatoms. The lowest BCUT2D eigenvalue weighted by molar-refractivity contribution is 0.0737. The summed E-state index contributed by atoms with van der Waals surface area (Å²) >= 11 is 0. The molecule has 0 spiro atoms. The van der Waals surface area contributed by atoms with Crippen LogP contribution in [0.3, 0.4) is 0 Å². The van der Waals surface area contributed by atoms with Crippen LogP contribution in [0, 0.1) is 17.2 Å². The van der Waals surface area contributed by atoms with Crippen LogP contribution < -0.4 is 5.32 Å². The number of hydrogen-bond acceptors (Lipinski definition) is 6. The number of amides is 1. The van der Waals surface area contributed by atoms with Gasteiger partial charge in [-0.1, -0.05) is 5.16 Å². The van der Waals surface area contributed by atoms with Crippen LogP contribution in [0.2, 0.25) is 0 Å². The summed E-state index contributed by atoms with van der Waals surface area (Å²) in [5.74, 6) is 0.0280. The van der Waals surface area contributed by atoms with Crippen molar-refractivity contribution >= 4 is 5.91 Å². The summed E-state index contributed by atoms with van der Waals surface area (Å²) in [6.45, 7) is 5.45. The fourth-order valence-corrected chi connectivity index (χ4v) is 2.23. The molecule has 1 aliphatic rings. The smallest absolute Gasteiger partial charge is 0.295 e. The molecule has 1 saturated heterocycles. The Morgan fingerprint density at radius 3 is 3.10 bits per heavy atom. The van der Waals surface area contributed by atoms with Crippen molar-refractivity contribution in [1.82, 2.24) is 20.4 Å². The van der Waals surface area contributed by atoms with Gasteiger partial charge in [-0.2, -0.15) is 10.2 Å². The second-order valence-electron chi connectivity index (χ2n) is 4.98. The number of hydrogen-bond donors (Lipinski definition) is 1. The van der Waals surface area contributed by atoms with Crippen LogP contribution in [-0.4, -0.2) is 40.6 Å². The maximum atomic E-state index is 12.3. The van der Waals surface area contributed by atoms with Crippen LogP contribution in [0.1, 0.15) is 49.2 Å². The largest absolute Gasteiger partial charge is 0.337 e. The Kier molecular flexibility index (Phi) is 4.69. The van der Waals surface area contributed by atoms with E-state index in [1.807, 2.05) is 6.92 Å². The van der Waals surface area contributed by atoms with E-state index >= 15 is 0 Å². The van der Waals surface area contributed by atoms with Crippen molar-refractivity contribution in [2.75, 3.05) is 19.6 Å². The number of carbonyl (C=O) groups is 1. The highest BCUT2D eigenvalue weighted by molar-refractivity contribution is 5.90. The van der Waals surface area contributed by atoms with Gasteiger partial charge in [0.1, 0.15) is 0 Å². The number of rotatable bonds is 5. The van der Waals surface area contributed by atoms with E-state index in [0.29, 0.717) is 19.0 Å². The highest BCUT2D eigenvalue weighted by Crippen LogP contribution is 2.21. The summed E-state index contributed by atoms with van der Waals surface area (Å²) < 4.78 is 5.16. The zero-order valence-electron chi connectivity index (χ0n) is 11.8. The Morgan fingerprint density at radius 1 is 1.70 bits per heavy atom. The molecule has 20 heavy (non-hydrogen) atoms.